The molecule has 76 valence electrons. The summed E-state index contributed by atoms with van der Waals surface area (Å²) >= 11 is 3.78. The van der Waals surface area contributed by atoms with Crippen LogP contribution >= 0.6 is 15.9 Å². The highest BCUT2D eigenvalue weighted by Crippen LogP contribution is 2.36. The molecule has 2 rings (SSSR count). The maximum absolute atomic E-state index is 4.37. The summed E-state index contributed by atoms with van der Waals surface area (Å²) in [6.45, 7) is 2.04. The molecule has 1 saturated carbocycles. The van der Waals surface area contributed by atoms with E-state index in [1.807, 2.05) is 13.1 Å². The second-order valence-electron chi connectivity index (χ2n) is 4.14. The average molecular weight is 254 g/mol. The van der Waals surface area contributed by atoms with Gasteiger partial charge in [-0.1, -0.05) is 34.8 Å². The molecule has 0 aliphatic heterocycles. The average Bonchev–Trinajstić information content (AvgIpc) is 2.20. The highest BCUT2D eigenvalue weighted by atomic mass is 79.9. The van der Waals surface area contributed by atoms with Crippen LogP contribution in [0.1, 0.15) is 42.9 Å². The molecule has 1 aliphatic carbocycles. The minimum absolute atomic E-state index is 0.653. The Balaban J connectivity index is 2.16. The van der Waals surface area contributed by atoms with Gasteiger partial charge in [0, 0.05) is 16.7 Å². The van der Waals surface area contributed by atoms with Gasteiger partial charge in [0.2, 0.25) is 0 Å². The van der Waals surface area contributed by atoms with E-state index < -0.39 is 0 Å². The first kappa shape index (κ1) is 10.2. The fourth-order valence-corrected chi connectivity index (χ4v) is 3.05. The first-order valence-electron chi connectivity index (χ1n) is 5.34. The second-order valence-corrected chi connectivity index (χ2v) is 5.32. The van der Waals surface area contributed by atoms with Gasteiger partial charge in [-0.05, 0) is 37.3 Å². The highest BCUT2D eigenvalue weighted by Gasteiger charge is 2.24. The topological polar surface area (TPSA) is 12.9 Å². The lowest BCUT2D eigenvalue weighted by atomic mass is 9.84. The molecular formula is C12H16BrN. The lowest BCUT2D eigenvalue weighted by Crippen LogP contribution is -2.17. The van der Waals surface area contributed by atoms with Crippen LogP contribution in [-0.2, 0) is 0 Å². The zero-order valence-electron chi connectivity index (χ0n) is 8.54. The Kier molecular flexibility index (Phi) is 3.22. The van der Waals surface area contributed by atoms with Crippen molar-refractivity contribution in [3.63, 3.8) is 0 Å². The Bertz CT molecular complexity index is 294. The number of nitrogens with zero attached hydrogens (tertiary/aromatic N) is 1. The maximum Gasteiger partial charge on any atom is 0.0372 e. The van der Waals surface area contributed by atoms with Crippen LogP contribution in [0.4, 0.5) is 0 Å². The number of hydrogen-bond donors (Lipinski definition) is 0. The van der Waals surface area contributed by atoms with E-state index in [0.717, 1.165) is 5.69 Å². The van der Waals surface area contributed by atoms with Gasteiger partial charge in [0.1, 0.15) is 0 Å². The summed E-state index contributed by atoms with van der Waals surface area (Å²) in [5.41, 5.74) is 2.51. The summed E-state index contributed by atoms with van der Waals surface area (Å²) in [7, 11) is 0. The summed E-state index contributed by atoms with van der Waals surface area (Å²) in [5.74, 6) is 0.678. The lowest BCUT2D eigenvalue weighted by molar-refractivity contribution is 0.460. The molecule has 0 amide bonds. The SMILES string of the molecule is Cc1ccc(C2CCCCC2Br)cn1. The van der Waals surface area contributed by atoms with Crippen molar-refractivity contribution < 1.29 is 0 Å². The van der Waals surface area contributed by atoms with Crippen molar-refractivity contribution in [2.45, 2.75) is 43.4 Å². The Morgan fingerprint density at radius 1 is 1.29 bits per heavy atom. The van der Waals surface area contributed by atoms with Crippen LogP contribution in [-0.4, -0.2) is 9.81 Å². The van der Waals surface area contributed by atoms with Crippen molar-refractivity contribution in [2.24, 2.45) is 0 Å². The summed E-state index contributed by atoms with van der Waals surface area (Å²) in [5, 5.41) is 0. The Hall–Kier alpha value is -0.370. The molecular weight excluding hydrogens is 238 g/mol. The van der Waals surface area contributed by atoms with Gasteiger partial charge in [0.25, 0.3) is 0 Å². The van der Waals surface area contributed by atoms with Gasteiger partial charge in [-0.25, -0.2) is 0 Å². The minimum Gasteiger partial charge on any atom is -0.261 e. The van der Waals surface area contributed by atoms with E-state index in [9.17, 15) is 0 Å². The summed E-state index contributed by atoms with van der Waals surface area (Å²) in [4.78, 5) is 5.02. The predicted molar refractivity (Wildman–Crippen MR) is 62.9 cm³/mol. The zero-order valence-corrected chi connectivity index (χ0v) is 10.1. The number of hydrogen-bond acceptors (Lipinski definition) is 1. The molecule has 1 nitrogen and oxygen atoms in total. The third-order valence-electron chi connectivity index (χ3n) is 3.04. The van der Waals surface area contributed by atoms with Crippen molar-refractivity contribution in [2.75, 3.05) is 0 Å². The van der Waals surface area contributed by atoms with Crippen molar-refractivity contribution >= 4 is 15.9 Å². The van der Waals surface area contributed by atoms with Crippen LogP contribution in [0.3, 0.4) is 0 Å². The first-order chi connectivity index (χ1) is 6.77. The zero-order chi connectivity index (χ0) is 9.97. The van der Waals surface area contributed by atoms with Crippen LogP contribution in [0.5, 0.6) is 0 Å². The van der Waals surface area contributed by atoms with E-state index in [0.29, 0.717) is 10.7 Å². The normalized spacial score (nSPS) is 27.6. The van der Waals surface area contributed by atoms with E-state index in [2.05, 4.69) is 33.0 Å². The number of alkyl halides is 1. The third kappa shape index (κ3) is 2.17. The largest absolute Gasteiger partial charge is 0.261 e. The smallest absolute Gasteiger partial charge is 0.0372 e. The monoisotopic (exact) mass is 253 g/mol. The standard InChI is InChI=1S/C12H16BrN/c1-9-6-7-10(8-14-9)11-4-2-3-5-12(11)13/h6-8,11-12H,2-5H2,1H3. The van der Waals surface area contributed by atoms with Crippen molar-refractivity contribution in [1.82, 2.24) is 4.98 Å². The Morgan fingerprint density at radius 2 is 2.07 bits per heavy atom. The van der Waals surface area contributed by atoms with E-state index in [1.165, 1.54) is 31.2 Å². The molecule has 0 bridgehead atoms. The highest BCUT2D eigenvalue weighted by molar-refractivity contribution is 9.09. The van der Waals surface area contributed by atoms with Crippen molar-refractivity contribution in [3.8, 4) is 0 Å². The quantitative estimate of drug-likeness (QED) is 0.694. The number of pyridine rings is 1. The number of halogens is 1. The Labute approximate surface area is 94.1 Å². The van der Waals surface area contributed by atoms with Crippen LogP contribution in [0.25, 0.3) is 0 Å². The third-order valence-corrected chi connectivity index (χ3v) is 4.14. The molecule has 2 atom stereocenters. The van der Waals surface area contributed by atoms with Crippen LogP contribution in [0.2, 0.25) is 0 Å². The lowest BCUT2D eigenvalue weighted by Gasteiger charge is -2.27. The van der Waals surface area contributed by atoms with Crippen molar-refractivity contribution in [1.29, 1.82) is 0 Å². The van der Waals surface area contributed by atoms with Gasteiger partial charge < -0.3 is 0 Å². The summed E-state index contributed by atoms with van der Waals surface area (Å²) in [6.07, 6.45) is 7.38. The van der Waals surface area contributed by atoms with Crippen LogP contribution in [0, 0.1) is 6.92 Å². The van der Waals surface area contributed by atoms with Crippen LogP contribution in [0.15, 0.2) is 18.3 Å². The van der Waals surface area contributed by atoms with Gasteiger partial charge in [-0.2, -0.15) is 0 Å². The molecule has 1 aromatic heterocycles. The fraction of sp³-hybridized carbons (Fsp3) is 0.583. The molecule has 2 unspecified atom stereocenters. The molecule has 1 aromatic rings. The van der Waals surface area contributed by atoms with E-state index >= 15 is 0 Å². The minimum atomic E-state index is 0.653. The number of aryl methyl sites for hydroxylation is 1. The summed E-state index contributed by atoms with van der Waals surface area (Å²) < 4.78 is 0. The molecule has 1 aliphatic rings. The van der Waals surface area contributed by atoms with Crippen LogP contribution < -0.4 is 0 Å². The second kappa shape index (κ2) is 4.43. The molecule has 0 radical (unpaired) electrons. The molecule has 0 N–H and O–H groups in total. The molecule has 14 heavy (non-hydrogen) atoms. The Morgan fingerprint density at radius 3 is 2.71 bits per heavy atom. The van der Waals surface area contributed by atoms with Gasteiger partial charge >= 0.3 is 0 Å². The molecule has 1 fully saturated rings. The van der Waals surface area contributed by atoms with Gasteiger partial charge in [0.05, 0.1) is 0 Å². The van der Waals surface area contributed by atoms with E-state index in [1.54, 1.807) is 0 Å². The molecule has 1 heterocycles. The van der Waals surface area contributed by atoms with E-state index in [4.69, 9.17) is 0 Å². The van der Waals surface area contributed by atoms with Gasteiger partial charge in [0.15, 0.2) is 0 Å². The fourth-order valence-electron chi connectivity index (χ4n) is 2.16. The number of rotatable bonds is 1. The van der Waals surface area contributed by atoms with Gasteiger partial charge in [-0.3, -0.25) is 4.98 Å². The first-order valence-corrected chi connectivity index (χ1v) is 6.25. The summed E-state index contributed by atoms with van der Waals surface area (Å²) in [6, 6.07) is 4.34. The molecule has 0 aromatic carbocycles. The molecule has 0 spiro atoms. The molecule has 2 heteroatoms. The van der Waals surface area contributed by atoms with Gasteiger partial charge in [-0.15, -0.1) is 0 Å². The predicted octanol–water partition coefficient (Wildman–Crippen LogP) is 3.81. The van der Waals surface area contributed by atoms with E-state index in [-0.39, 0.29) is 0 Å². The number of aromatic nitrogens is 1. The maximum atomic E-state index is 4.37. The van der Waals surface area contributed by atoms with Crippen molar-refractivity contribution in [3.05, 3.63) is 29.6 Å². The molecule has 0 saturated heterocycles.